The Morgan fingerprint density at radius 3 is 2.33 bits per heavy atom. The topological polar surface area (TPSA) is 21.3 Å². The Balaban J connectivity index is 1.82. The Labute approximate surface area is 110 Å². The average molecular weight is 263 g/mol. The fourth-order valence-electron chi connectivity index (χ4n) is 1.45. The van der Waals surface area contributed by atoms with E-state index in [1.807, 2.05) is 24.3 Å². The molecule has 0 saturated carbocycles. The summed E-state index contributed by atoms with van der Waals surface area (Å²) in [6, 6.07) is 14.3. The number of halogens is 1. The summed E-state index contributed by atoms with van der Waals surface area (Å²) in [4.78, 5) is 1.11. The fourth-order valence-corrected chi connectivity index (χ4v) is 2.13. The minimum absolute atomic E-state index is 0.207. The van der Waals surface area contributed by atoms with Gasteiger partial charge in [0.15, 0.2) is 0 Å². The van der Waals surface area contributed by atoms with Crippen molar-refractivity contribution in [3.8, 4) is 5.75 Å². The molecule has 0 saturated heterocycles. The van der Waals surface area contributed by atoms with Gasteiger partial charge in [0.05, 0.1) is 7.11 Å². The van der Waals surface area contributed by atoms with Crippen molar-refractivity contribution in [3.63, 3.8) is 0 Å². The lowest BCUT2D eigenvalue weighted by Crippen LogP contribution is -2.02. The molecular weight excluding hydrogens is 249 g/mol. The summed E-state index contributed by atoms with van der Waals surface area (Å²) in [6.45, 7) is 0.691. The number of hydrogen-bond donors (Lipinski definition) is 1. The molecule has 2 rings (SSSR count). The Kier molecular flexibility index (Phi) is 4.61. The van der Waals surface area contributed by atoms with Gasteiger partial charge in [0.1, 0.15) is 11.6 Å². The predicted octanol–water partition coefficient (Wildman–Crippen LogP) is 3.63. The highest BCUT2D eigenvalue weighted by molar-refractivity contribution is 7.97. The van der Waals surface area contributed by atoms with Gasteiger partial charge in [0.25, 0.3) is 0 Å². The van der Waals surface area contributed by atoms with Crippen LogP contribution in [0.2, 0.25) is 0 Å². The third-order valence-corrected chi connectivity index (χ3v) is 3.24. The molecular formula is C14H14FNOS. The molecule has 0 fully saturated rings. The van der Waals surface area contributed by atoms with E-state index in [1.165, 1.54) is 24.1 Å². The number of methoxy groups -OCH3 is 1. The first-order chi connectivity index (χ1) is 8.78. The van der Waals surface area contributed by atoms with E-state index in [9.17, 15) is 4.39 Å². The van der Waals surface area contributed by atoms with E-state index in [4.69, 9.17) is 4.74 Å². The molecule has 0 aliphatic carbocycles. The van der Waals surface area contributed by atoms with Crippen LogP contribution in [0.1, 0.15) is 5.56 Å². The second-order valence-electron chi connectivity index (χ2n) is 3.73. The van der Waals surface area contributed by atoms with Crippen molar-refractivity contribution in [1.29, 1.82) is 0 Å². The van der Waals surface area contributed by atoms with Crippen LogP contribution in [0.25, 0.3) is 0 Å². The first kappa shape index (κ1) is 12.9. The number of benzene rings is 2. The lowest BCUT2D eigenvalue weighted by Gasteiger charge is -2.05. The Morgan fingerprint density at radius 2 is 1.72 bits per heavy atom. The number of ether oxygens (including phenoxy) is 1. The van der Waals surface area contributed by atoms with Crippen molar-refractivity contribution < 1.29 is 9.13 Å². The monoisotopic (exact) mass is 263 g/mol. The molecule has 0 spiro atoms. The van der Waals surface area contributed by atoms with Gasteiger partial charge in [-0.05, 0) is 53.9 Å². The maximum Gasteiger partial charge on any atom is 0.123 e. The van der Waals surface area contributed by atoms with E-state index in [-0.39, 0.29) is 5.82 Å². The van der Waals surface area contributed by atoms with Crippen molar-refractivity contribution in [3.05, 3.63) is 59.9 Å². The molecule has 0 aliphatic heterocycles. The van der Waals surface area contributed by atoms with Crippen LogP contribution in [0.15, 0.2) is 53.4 Å². The number of hydrogen-bond acceptors (Lipinski definition) is 3. The third kappa shape index (κ3) is 3.75. The second kappa shape index (κ2) is 6.42. The van der Waals surface area contributed by atoms with Gasteiger partial charge in [0, 0.05) is 11.4 Å². The van der Waals surface area contributed by atoms with E-state index in [0.29, 0.717) is 6.54 Å². The van der Waals surface area contributed by atoms with E-state index < -0.39 is 0 Å². The summed E-state index contributed by atoms with van der Waals surface area (Å²) in [7, 11) is 1.65. The van der Waals surface area contributed by atoms with Crippen LogP contribution in [0.3, 0.4) is 0 Å². The van der Waals surface area contributed by atoms with Crippen LogP contribution in [0.4, 0.5) is 4.39 Å². The van der Waals surface area contributed by atoms with Crippen LogP contribution in [0, 0.1) is 5.82 Å². The highest BCUT2D eigenvalue weighted by atomic mass is 32.2. The van der Waals surface area contributed by atoms with Gasteiger partial charge in [-0.3, -0.25) is 4.72 Å². The highest BCUT2D eigenvalue weighted by Gasteiger charge is 1.97. The Hall–Kier alpha value is -1.52. The van der Waals surface area contributed by atoms with Crippen molar-refractivity contribution in [2.45, 2.75) is 11.4 Å². The average Bonchev–Trinajstić information content (AvgIpc) is 2.42. The van der Waals surface area contributed by atoms with Crippen LogP contribution >= 0.6 is 11.9 Å². The normalized spacial score (nSPS) is 10.3. The summed E-state index contributed by atoms with van der Waals surface area (Å²) in [5.41, 5.74) is 1.05. The second-order valence-corrected chi connectivity index (χ2v) is 4.69. The fraction of sp³-hybridized carbons (Fsp3) is 0.143. The molecule has 18 heavy (non-hydrogen) atoms. The van der Waals surface area contributed by atoms with E-state index in [1.54, 1.807) is 19.2 Å². The summed E-state index contributed by atoms with van der Waals surface area (Å²) < 4.78 is 21.0. The minimum Gasteiger partial charge on any atom is -0.497 e. The molecule has 94 valence electrons. The zero-order valence-electron chi connectivity index (χ0n) is 10.0. The smallest absolute Gasteiger partial charge is 0.123 e. The molecule has 0 amide bonds. The molecule has 0 radical (unpaired) electrons. The van der Waals surface area contributed by atoms with E-state index in [0.717, 1.165) is 16.2 Å². The van der Waals surface area contributed by atoms with Gasteiger partial charge in [0.2, 0.25) is 0 Å². The van der Waals surface area contributed by atoms with Crippen LogP contribution < -0.4 is 9.46 Å². The van der Waals surface area contributed by atoms with E-state index >= 15 is 0 Å². The van der Waals surface area contributed by atoms with Gasteiger partial charge in [-0.2, -0.15) is 0 Å². The molecule has 4 heteroatoms. The largest absolute Gasteiger partial charge is 0.497 e. The molecule has 2 aromatic carbocycles. The highest BCUT2D eigenvalue weighted by Crippen LogP contribution is 2.19. The van der Waals surface area contributed by atoms with Crippen molar-refractivity contribution in [2.24, 2.45) is 0 Å². The van der Waals surface area contributed by atoms with Crippen LogP contribution in [-0.4, -0.2) is 7.11 Å². The maximum absolute atomic E-state index is 12.7. The Morgan fingerprint density at radius 1 is 1.06 bits per heavy atom. The quantitative estimate of drug-likeness (QED) is 0.832. The molecule has 1 N–H and O–H groups in total. The molecule has 0 unspecified atom stereocenters. The van der Waals surface area contributed by atoms with Crippen molar-refractivity contribution in [1.82, 2.24) is 4.72 Å². The lowest BCUT2D eigenvalue weighted by molar-refractivity contribution is 0.414. The molecule has 0 atom stereocenters. The molecule has 2 aromatic rings. The molecule has 2 nitrogen and oxygen atoms in total. The lowest BCUT2D eigenvalue weighted by atomic mass is 10.2. The third-order valence-electron chi connectivity index (χ3n) is 2.44. The van der Waals surface area contributed by atoms with Gasteiger partial charge >= 0.3 is 0 Å². The number of rotatable bonds is 5. The summed E-state index contributed by atoms with van der Waals surface area (Å²) in [5, 5.41) is 0. The van der Waals surface area contributed by atoms with Crippen molar-refractivity contribution in [2.75, 3.05) is 7.11 Å². The summed E-state index contributed by atoms with van der Waals surface area (Å²) in [5.74, 6) is 0.638. The minimum atomic E-state index is -0.207. The first-order valence-electron chi connectivity index (χ1n) is 5.56. The molecule has 0 aromatic heterocycles. The standard InChI is InChI=1S/C14H14FNOS/c1-17-13-6-8-14(9-7-13)18-16-10-11-2-4-12(15)5-3-11/h2-9,16H,10H2,1H3. The molecule has 0 bridgehead atoms. The van der Waals surface area contributed by atoms with Crippen molar-refractivity contribution >= 4 is 11.9 Å². The van der Waals surface area contributed by atoms with Gasteiger partial charge < -0.3 is 4.74 Å². The predicted molar refractivity (Wildman–Crippen MR) is 72.1 cm³/mol. The van der Waals surface area contributed by atoms with Gasteiger partial charge in [-0.1, -0.05) is 12.1 Å². The van der Waals surface area contributed by atoms with Gasteiger partial charge in [-0.25, -0.2) is 4.39 Å². The maximum atomic E-state index is 12.7. The summed E-state index contributed by atoms with van der Waals surface area (Å²) in [6.07, 6.45) is 0. The molecule has 0 aliphatic rings. The summed E-state index contributed by atoms with van der Waals surface area (Å²) >= 11 is 1.54. The SMILES string of the molecule is COc1ccc(SNCc2ccc(F)cc2)cc1. The Bertz CT molecular complexity index is 484. The molecule has 0 heterocycles. The number of nitrogens with one attached hydrogen (secondary N) is 1. The van der Waals surface area contributed by atoms with E-state index in [2.05, 4.69) is 4.72 Å². The van der Waals surface area contributed by atoms with Crippen LogP contribution in [0.5, 0.6) is 5.75 Å². The first-order valence-corrected chi connectivity index (χ1v) is 6.38. The zero-order chi connectivity index (χ0) is 12.8. The zero-order valence-corrected chi connectivity index (χ0v) is 10.8. The van der Waals surface area contributed by atoms with Crippen LogP contribution in [-0.2, 0) is 6.54 Å². The van der Waals surface area contributed by atoms with Gasteiger partial charge in [-0.15, -0.1) is 0 Å².